The number of anilines is 1. The van der Waals surface area contributed by atoms with Crippen LogP contribution in [0.2, 0.25) is 15.3 Å². The second-order valence-electron chi connectivity index (χ2n) is 5.97. The lowest BCUT2D eigenvalue weighted by atomic mass is 10.2. The highest BCUT2D eigenvalue weighted by molar-refractivity contribution is 6.42. The second-order valence-corrected chi connectivity index (χ2v) is 7.13. The summed E-state index contributed by atoms with van der Waals surface area (Å²) in [5, 5.41) is 4.45. The molecule has 0 aliphatic rings. The number of nitrogens with one attached hydrogen (secondary N) is 1. The van der Waals surface area contributed by atoms with Crippen molar-refractivity contribution in [3.8, 4) is 0 Å². The van der Waals surface area contributed by atoms with Crippen LogP contribution in [0.1, 0.15) is 11.1 Å². The van der Waals surface area contributed by atoms with Crippen molar-refractivity contribution in [2.75, 3.05) is 5.32 Å². The molecule has 0 bridgehead atoms. The van der Waals surface area contributed by atoms with Crippen molar-refractivity contribution in [1.82, 2.24) is 19.5 Å². The number of benzene rings is 2. The number of imidazole rings is 1. The van der Waals surface area contributed by atoms with Gasteiger partial charge in [0, 0.05) is 6.54 Å². The summed E-state index contributed by atoms with van der Waals surface area (Å²) in [7, 11) is 0. The number of rotatable bonds is 5. The normalized spacial score (nSPS) is 11.1. The Morgan fingerprint density at radius 3 is 2.48 bits per heavy atom. The molecule has 0 radical (unpaired) electrons. The van der Waals surface area contributed by atoms with E-state index in [1.165, 1.54) is 0 Å². The summed E-state index contributed by atoms with van der Waals surface area (Å²) in [6, 6.07) is 15.6. The Bertz CT molecular complexity index is 1100. The maximum absolute atomic E-state index is 6.14. The van der Waals surface area contributed by atoms with E-state index in [0.717, 1.165) is 11.1 Å². The van der Waals surface area contributed by atoms with Gasteiger partial charge >= 0.3 is 0 Å². The summed E-state index contributed by atoms with van der Waals surface area (Å²) >= 11 is 18.2. The van der Waals surface area contributed by atoms with Gasteiger partial charge in [0.25, 0.3) is 0 Å². The molecule has 0 atom stereocenters. The van der Waals surface area contributed by atoms with Crippen LogP contribution in [0.15, 0.2) is 54.9 Å². The van der Waals surface area contributed by atoms with E-state index in [2.05, 4.69) is 32.4 Å². The van der Waals surface area contributed by atoms with Gasteiger partial charge in [-0.2, -0.15) is 9.97 Å². The average Bonchev–Trinajstić information content (AvgIpc) is 3.06. The molecule has 0 spiro atoms. The van der Waals surface area contributed by atoms with Crippen molar-refractivity contribution >= 4 is 51.8 Å². The number of hydrogen-bond donors (Lipinski definition) is 1. The fourth-order valence-electron chi connectivity index (χ4n) is 2.77. The van der Waals surface area contributed by atoms with Crippen LogP contribution < -0.4 is 5.32 Å². The Kier molecular flexibility index (Phi) is 5.16. The highest BCUT2D eigenvalue weighted by Gasteiger charge is 2.13. The summed E-state index contributed by atoms with van der Waals surface area (Å²) < 4.78 is 1.95. The Morgan fingerprint density at radius 2 is 1.70 bits per heavy atom. The van der Waals surface area contributed by atoms with Crippen molar-refractivity contribution in [2.45, 2.75) is 13.1 Å². The van der Waals surface area contributed by atoms with E-state index in [1.807, 2.05) is 34.9 Å². The number of hydrogen-bond acceptors (Lipinski definition) is 4. The van der Waals surface area contributed by atoms with E-state index in [0.29, 0.717) is 40.1 Å². The van der Waals surface area contributed by atoms with Crippen LogP contribution in [-0.4, -0.2) is 19.5 Å². The second kappa shape index (κ2) is 7.72. The lowest BCUT2D eigenvalue weighted by Crippen LogP contribution is -2.05. The Labute approximate surface area is 170 Å². The Hall–Kier alpha value is -2.34. The van der Waals surface area contributed by atoms with Gasteiger partial charge in [-0.05, 0) is 34.9 Å². The Morgan fingerprint density at radius 1 is 0.889 bits per heavy atom. The minimum atomic E-state index is 0.161. The van der Waals surface area contributed by atoms with E-state index in [1.54, 1.807) is 12.4 Å². The first-order valence-electron chi connectivity index (χ1n) is 8.20. The number of aromatic nitrogens is 4. The maximum Gasteiger partial charge on any atom is 0.226 e. The van der Waals surface area contributed by atoms with Crippen molar-refractivity contribution in [1.29, 1.82) is 0 Å². The molecular formula is C19H14Cl3N5. The molecular weight excluding hydrogens is 405 g/mol. The molecule has 2 heterocycles. The van der Waals surface area contributed by atoms with Gasteiger partial charge < -0.3 is 9.88 Å². The monoisotopic (exact) mass is 417 g/mol. The third-order valence-corrected chi connectivity index (χ3v) is 4.98. The van der Waals surface area contributed by atoms with Crippen molar-refractivity contribution in [2.24, 2.45) is 0 Å². The summed E-state index contributed by atoms with van der Waals surface area (Å²) in [6.07, 6.45) is 1.74. The van der Waals surface area contributed by atoms with Gasteiger partial charge in [-0.15, -0.1) is 0 Å². The summed E-state index contributed by atoms with van der Waals surface area (Å²) in [5.74, 6) is 0.572. The Balaban J connectivity index is 1.62. The first-order valence-corrected chi connectivity index (χ1v) is 9.33. The first-order chi connectivity index (χ1) is 13.1. The molecule has 4 rings (SSSR count). The average molecular weight is 419 g/mol. The van der Waals surface area contributed by atoms with Gasteiger partial charge in [0.15, 0.2) is 17.0 Å². The van der Waals surface area contributed by atoms with E-state index in [4.69, 9.17) is 34.8 Å². The SMILES string of the molecule is Clc1nc(NCc2ccc(Cl)c(Cl)c2)c2ncn(Cc3ccccc3)c2n1. The summed E-state index contributed by atoms with van der Waals surface area (Å²) in [5.41, 5.74) is 3.46. The van der Waals surface area contributed by atoms with Gasteiger partial charge in [0.1, 0.15) is 0 Å². The molecule has 0 fully saturated rings. The van der Waals surface area contributed by atoms with Crippen LogP contribution in [0.4, 0.5) is 5.82 Å². The minimum Gasteiger partial charge on any atom is -0.364 e. The van der Waals surface area contributed by atoms with Crippen molar-refractivity contribution in [3.63, 3.8) is 0 Å². The van der Waals surface area contributed by atoms with Crippen molar-refractivity contribution < 1.29 is 0 Å². The quantitative estimate of drug-likeness (QED) is 0.438. The van der Waals surface area contributed by atoms with Gasteiger partial charge in [-0.1, -0.05) is 59.6 Å². The predicted octanol–water partition coefficient (Wildman–Crippen LogP) is 5.45. The number of fused-ring (bicyclic) bond motifs is 1. The van der Waals surface area contributed by atoms with E-state index in [9.17, 15) is 0 Å². The van der Waals surface area contributed by atoms with Gasteiger partial charge in [-0.3, -0.25) is 0 Å². The van der Waals surface area contributed by atoms with Crippen LogP contribution >= 0.6 is 34.8 Å². The molecule has 4 aromatic rings. The fraction of sp³-hybridized carbons (Fsp3) is 0.105. The number of nitrogens with zero attached hydrogens (tertiary/aromatic N) is 4. The van der Waals surface area contributed by atoms with Gasteiger partial charge in [0.05, 0.1) is 22.9 Å². The lowest BCUT2D eigenvalue weighted by molar-refractivity contribution is 0.813. The minimum absolute atomic E-state index is 0.161. The van der Waals surface area contributed by atoms with E-state index >= 15 is 0 Å². The number of halogens is 3. The van der Waals surface area contributed by atoms with Crippen molar-refractivity contribution in [3.05, 3.63) is 81.3 Å². The van der Waals surface area contributed by atoms with Gasteiger partial charge in [-0.25, -0.2) is 4.98 Å². The summed E-state index contributed by atoms with van der Waals surface area (Å²) in [4.78, 5) is 13.1. The van der Waals surface area contributed by atoms with E-state index in [-0.39, 0.29) is 5.28 Å². The van der Waals surface area contributed by atoms with E-state index < -0.39 is 0 Å². The van der Waals surface area contributed by atoms with Crippen LogP contribution in [0, 0.1) is 0 Å². The van der Waals surface area contributed by atoms with Gasteiger partial charge in [0.2, 0.25) is 5.28 Å². The summed E-state index contributed by atoms with van der Waals surface area (Å²) in [6.45, 7) is 1.15. The van der Waals surface area contributed by atoms with Crippen LogP contribution in [0.3, 0.4) is 0 Å². The maximum atomic E-state index is 6.14. The molecule has 0 amide bonds. The molecule has 2 aromatic heterocycles. The predicted molar refractivity (Wildman–Crippen MR) is 110 cm³/mol. The van der Waals surface area contributed by atoms with Crippen LogP contribution in [-0.2, 0) is 13.1 Å². The lowest BCUT2D eigenvalue weighted by Gasteiger charge is -2.09. The highest BCUT2D eigenvalue weighted by atomic mass is 35.5. The van der Waals surface area contributed by atoms with Crippen LogP contribution in [0.5, 0.6) is 0 Å². The highest BCUT2D eigenvalue weighted by Crippen LogP contribution is 2.25. The molecule has 0 aliphatic heterocycles. The zero-order valence-electron chi connectivity index (χ0n) is 14.0. The molecule has 0 saturated carbocycles. The molecule has 27 heavy (non-hydrogen) atoms. The largest absolute Gasteiger partial charge is 0.364 e. The molecule has 8 heteroatoms. The molecule has 0 saturated heterocycles. The molecule has 1 N–H and O–H groups in total. The fourth-order valence-corrected chi connectivity index (χ4v) is 3.26. The standard InChI is InChI=1S/C19H14Cl3N5/c20-14-7-6-13(8-15(14)21)9-23-17-16-18(26-19(22)25-17)27(11-24-16)10-12-4-2-1-3-5-12/h1-8,11H,9-10H2,(H,23,25,26). The molecule has 0 unspecified atom stereocenters. The molecule has 136 valence electrons. The first kappa shape index (κ1) is 18.0. The molecule has 0 aliphatic carbocycles. The third-order valence-electron chi connectivity index (χ3n) is 4.08. The zero-order valence-corrected chi connectivity index (χ0v) is 16.3. The topological polar surface area (TPSA) is 55.6 Å². The molecule has 5 nitrogen and oxygen atoms in total. The van der Waals surface area contributed by atoms with Crippen LogP contribution in [0.25, 0.3) is 11.2 Å². The zero-order chi connectivity index (χ0) is 18.8. The third kappa shape index (κ3) is 4.00. The molecule has 2 aromatic carbocycles. The smallest absolute Gasteiger partial charge is 0.226 e.